The first-order valence-corrected chi connectivity index (χ1v) is 5.56. The summed E-state index contributed by atoms with van der Waals surface area (Å²) in [6.45, 7) is 0. The largest absolute Gasteiger partial charge is 0.235 e. The number of fused-ring (bicyclic) bond motifs is 1. The molecule has 2 heterocycles. The topological polar surface area (TPSA) is 43.6 Å². The molecule has 0 atom stereocenters. The van der Waals surface area contributed by atoms with Crippen LogP contribution in [0.4, 0.5) is 0 Å². The average Bonchev–Trinajstić information content (AvgIpc) is 2.81. The summed E-state index contributed by atoms with van der Waals surface area (Å²) in [7, 11) is 0. The molecule has 0 unspecified atom stereocenters. The summed E-state index contributed by atoms with van der Waals surface area (Å²) < 4.78 is 2.37. The van der Waals surface area contributed by atoms with Crippen LogP contribution in [0, 0.1) is 0 Å². The molecule has 0 bridgehead atoms. The molecule has 0 aliphatic heterocycles. The molecule has 5 heteroatoms. The lowest BCUT2D eigenvalue weighted by Crippen LogP contribution is -2.01. The van der Waals surface area contributed by atoms with E-state index in [9.17, 15) is 0 Å². The molecule has 0 saturated carbocycles. The van der Waals surface area contributed by atoms with Crippen LogP contribution in [0.15, 0.2) is 47.3 Å². The average molecular weight is 275 g/mol. The third-order valence-corrected chi connectivity index (χ3v) is 2.76. The number of hydrogen-bond donors (Lipinski definition) is 0. The Morgan fingerprint density at radius 1 is 1.00 bits per heavy atom. The molecule has 16 heavy (non-hydrogen) atoms. The van der Waals surface area contributed by atoms with Crippen LogP contribution in [0.2, 0.25) is 0 Å². The third-order valence-electron chi connectivity index (χ3n) is 2.23. The number of hydrogen-bond acceptors (Lipinski definition) is 3. The number of nitrogens with zero attached hydrogens (tertiary/aromatic N) is 4. The van der Waals surface area contributed by atoms with Crippen molar-refractivity contribution < 1.29 is 0 Å². The highest BCUT2D eigenvalue weighted by atomic mass is 79.9. The van der Waals surface area contributed by atoms with Gasteiger partial charge in [0.15, 0.2) is 10.4 Å². The molecular weight excluding hydrogens is 268 g/mol. The SMILES string of the molecule is Brc1nc2ccccc2nc1-n1cccn1. The molecule has 78 valence electrons. The maximum absolute atomic E-state index is 4.51. The van der Waals surface area contributed by atoms with Crippen molar-refractivity contribution in [3.05, 3.63) is 47.3 Å². The molecule has 0 amide bonds. The third kappa shape index (κ3) is 1.49. The van der Waals surface area contributed by atoms with Gasteiger partial charge in [-0.2, -0.15) is 5.10 Å². The fourth-order valence-corrected chi connectivity index (χ4v) is 1.97. The summed E-state index contributed by atoms with van der Waals surface area (Å²) in [5.41, 5.74) is 1.72. The minimum atomic E-state index is 0.690. The first-order chi connectivity index (χ1) is 7.84. The highest BCUT2D eigenvalue weighted by Crippen LogP contribution is 2.19. The Morgan fingerprint density at radius 2 is 1.75 bits per heavy atom. The summed E-state index contributed by atoms with van der Waals surface area (Å²) in [5.74, 6) is 0.698. The second kappa shape index (κ2) is 3.68. The molecule has 0 aliphatic carbocycles. The minimum absolute atomic E-state index is 0.690. The quantitative estimate of drug-likeness (QED) is 0.685. The van der Waals surface area contributed by atoms with Crippen LogP contribution in [0.1, 0.15) is 0 Å². The molecule has 3 rings (SSSR count). The summed E-state index contributed by atoms with van der Waals surface area (Å²) in [6, 6.07) is 9.60. The number of aromatic nitrogens is 4. The lowest BCUT2D eigenvalue weighted by molar-refractivity contribution is 0.839. The molecule has 0 saturated heterocycles. The van der Waals surface area contributed by atoms with Crippen molar-refractivity contribution in [3.63, 3.8) is 0 Å². The van der Waals surface area contributed by atoms with E-state index in [1.165, 1.54) is 0 Å². The second-order valence-electron chi connectivity index (χ2n) is 3.28. The van der Waals surface area contributed by atoms with Gasteiger partial charge in [-0.05, 0) is 34.1 Å². The van der Waals surface area contributed by atoms with Gasteiger partial charge in [0, 0.05) is 12.4 Å². The zero-order chi connectivity index (χ0) is 11.0. The molecule has 0 N–H and O–H groups in total. The van der Waals surface area contributed by atoms with Gasteiger partial charge in [-0.1, -0.05) is 12.1 Å². The Kier molecular flexibility index (Phi) is 2.18. The van der Waals surface area contributed by atoms with Gasteiger partial charge in [0.1, 0.15) is 0 Å². The van der Waals surface area contributed by atoms with E-state index in [4.69, 9.17) is 0 Å². The van der Waals surface area contributed by atoms with E-state index in [-0.39, 0.29) is 0 Å². The lowest BCUT2D eigenvalue weighted by atomic mass is 10.3. The van der Waals surface area contributed by atoms with Gasteiger partial charge in [-0.25, -0.2) is 14.6 Å². The van der Waals surface area contributed by atoms with Gasteiger partial charge in [-0.3, -0.25) is 0 Å². The summed E-state index contributed by atoms with van der Waals surface area (Å²) >= 11 is 3.40. The van der Waals surface area contributed by atoms with Crippen molar-refractivity contribution in [1.29, 1.82) is 0 Å². The molecule has 4 nitrogen and oxygen atoms in total. The van der Waals surface area contributed by atoms with E-state index in [0.29, 0.717) is 10.4 Å². The lowest BCUT2D eigenvalue weighted by Gasteiger charge is -2.04. The van der Waals surface area contributed by atoms with Crippen LogP contribution in [0.3, 0.4) is 0 Å². The van der Waals surface area contributed by atoms with Crippen molar-refractivity contribution >= 4 is 27.0 Å². The first kappa shape index (κ1) is 9.47. The molecular formula is C11H7BrN4. The zero-order valence-electron chi connectivity index (χ0n) is 8.21. The molecule has 0 aliphatic rings. The number of benzene rings is 1. The Labute approximate surface area is 100 Å². The van der Waals surface area contributed by atoms with Gasteiger partial charge in [-0.15, -0.1) is 0 Å². The summed E-state index contributed by atoms with van der Waals surface area (Å²) in [5, 5.41) is 4.14. The molecule has 0 fully saturated rings. The van der Waals surface area contributed by atoms with E-state index in [0.717, 1.165) is 11.0 Å². The molecule has 2 aromatic heterocycles. The van der Waals surface area contributed by atoms with Gasteiger partial charge in [0.05, 0.1) is 11.0 Å². The maximum Gasteiger partial charge on any atom is 0.187 e. The van der Waals surface area contributed by atoms with Crippen LogP contribution in [0.25, 0.3) is 16.9 Å². The van der Waals surface area contributed by atoms with Crippen molar-refractivity contribution in [3.8, 4) is 5.82 Å². The van der Waals surface area contributed by atoms with Crippen LogP contribution in [-0.4, -0.2) is 19.7 Å². The van der Waals surface area contributed by atoms with E-state index in [1.54, 1.807) is 10.9 Å². The Bertz CT molecular complexity index is 634. The maximum atomic E-state index is 4.51. The highest BCUT2D eigenvalue weighted by molar-refractivity contribution is 9.10. The fourth-order valence-electron chi connectivity index (χ4n) is 1.51. The second-order valence-corrected chi connectivity index (χ2v) is 4.03. The van der Waals surface area contributed by atoms with Gasteiger partial charge >= 0.3 is 0 Å². The summed E-state index contributed by atoms with van der Waals surface area (Å²) in [6.07, 6.45) is 3.55. The van der Waals surface area contributed by atoms with Crippen molar-refractivity contribution in [2.45, 2.75) is 0 Å². The predicted molar refractivity (Wildman–Crippen MR) is 64.4 cm³/mol. The Balaban J connectivity index is 2.30. The van der Waals surface area contributed by atoms with Crippen LogP contribution >= 0.6 is 15.9 Å². The van der Waals surface area contributed by atoms with E-state index in [1.807, 2.05) is 36.5 Å². The summed E-state index contributed by atoms with van der Waals surface area (Å²) in [4.78, 5) is 8.93. The fraction of sp³-hybridized carbons (Fsp3) is 0. The minimum Gasteiger partial charge on any atom is -0.235 e. The van der Waals surface area contributed by atoms with Crippen LogP contribution < -0.4 is 0 Å². The Hall–Kier alpha value is -1.75. The first-order valence-electron chi connectivity index (χ1n) is 4.77. The monoisotopic (exact) mass is 274 g/mol. The standard InChI is InChI=1S/C11H7BrN4/c12-10-11(16-7-3-6-13-16)15-9-5-2-1-4-8(9)14-10/h1-7H. The Morgan fingerprint density at radius 3 is 2.44 bits per heavy atom. The predicted octanol–water partition coefficient (Wildman–Crippen LogP) is 2.58. The van der Waals surface area contributed by atoms with Crippen LogP contribution in [0.5, 0.6) is 0 Å². The highest BCUT2D eigenvalue weighted by Gasteiger charge is 2.07. The van der Waals surface area contributed by atoms with Crippen molar-refractivity contribution in [2.24, 2.45) is 0 Å². The molecule has 1 aromatic carbocycles. The van der Waals surface area contributed by atoms with Crippen molar-refractivity contribution in [1.82, 2.24) is 19.7 Å². The smallest absolute Gasteiger partial charge is 0.187 e. The molecule has 3 aromatic rings. The zero-order valence-corrected chi connectivity index (χ0v) is 9.79. The van der Waals surface area contributed by atoms with Gasteiger partial charge in [0.25, 0.3) is 0 Å². The number of halogens is 1. The molecule has 0 spiro atoms. The van der Waals surface area contributed by atoms with Crippen LogP contribution in [-0.2, 0) is 0 Å². The van der Waals surface area contributed by atoms with Gasteiger partial charge in [0.2, 0.25) is 0 Å². The van der Waals surface area contributed by atoms with E-state index in [2.05, 4.69) is 31.0 Å². The van der Waals surface area contributed by atoms with E-state index >= 15 is 0 Å². The number of para-hydroxylation sites is 2. The normalized spacial score (nSPS) is 10.8. The van der Waals surface area contributed by atoms with Crippen molar-refractivity contribution in [2.75, 3.05) is 0 Å². The molecule has 0 radical (unpaired) electrons. The van der Waals surface area contributed by atoms with Gasteiger partial charge < -0.3 is 0 Å². The number of rotatable bonds is 1. The van der Waals surface area contributed by atoms with E-state index < -0.39 is 0 Å².